The topological polar surface area (TPSA) is 55.8 Å². The molecule has 30 heavy (non-hydrogen) atoms. The van der Waals surface area contributed by atoms with Gasteiger partial charge in [-0.3, -0.25) is 4.79 Å². The third kappa shape index (κ3) is 5.47. The van der Waals surface area contributed by atoms with E-state index in [1.165, 1.54) is 11.8 Å². The quantitative estimate of drug-likeness (QED) is 0.519. The molecule has 1 atom stereocenters. The van der Waals surface area contributed by atoms with Gasteiger partial charge in [0.15, 0.2) is 6.04 Å². The van der Waals surface area contributed by atoms with E-state index in [-0.39, 0.29) is 19.1 Å². The zero-order valence-electron chi connectivity index (χ0n) is 17.2. The fourth-order valence-corrected chi connectivity index (χ4v) is 3.20. The van der Waals surface area contributed by atoms with Gasteiger partial charge >= 0.3 is 5.97 Å². The van der Waals surface area contributed by atoms with E-state index in [0.29, 0.717) is 5.56 Å². The third-order valence-electron chi connectivity index (χ3n) is 4.79. The van der Waals surface area contributed by atoms with Gasteiger partial charge < -0.3 is 14.4 Å². The van der Waals surface area contributed by atoms with Crippen molar-refractivity contribution in [1.29, 1.82) is 0 Å². The lowest BCUT2D eigenvalue weighted by Crippen LogP contribution is -2.38. The molecule has 0 aliphatic carbocycles. The summed E-state index contributed by atoms with van der Waals surface area (Å²) in [7, 11) is 1.60. The number of hydrogen-bond donors (Lipinski definition) is 0. The number of methoxy groups -OCH3 is 1. The molecule has 0 fully saturated rings. The van der Waals surface area contributed by atoms with Crippen LogP contribution in [0.5, 0.6) is 5.75 Å². The second-order valence-corrected chi connectivity index (χ2v) is 6.90. The van der Waals surface area contributed by atoms with Crippen LogP contribution in [0.1, 0.15) is 29.7 Å². The summed E-state index contributed by atoms with van der Waals surface area (Å²) in [5.41, 5.74) is 2.49. The molecule has 5 heteroatoms. The molecule has 0 bridgehead atoms. The predicted molar refractivity (Wildman–Crippen MR) is 115 cm³/mol. The number of carbonyl (C=O) groups excluding carboxylic acids is 2. The van der Waals surface area contributed by atoms with Crippen LogP contribution in [0.15, 0.2) is 84.9 Å². The molecule has 1 amide bonds. The zero-order valence-corrected chi connectivity index (χ0v) is 17.2. The van der Waals surface area contributed by atoms with Crippen LogP contribution in [0, 0.1) is 0 Å². The van der Waals surface area contributed by atoms with Gasteiger partial charge in [0.05, 0.1) is 7.11 Å². The Bertz CT molecular complexity index is 955. The molecule has 0 heterocycles. The van der Waals surface area contributed by atoms with Gasteiger partial charge in [-0.15, -0.1) is 0 Å². The highest BCUT2D eigenvalue weighted by Gasteiger charge is 2.31. The first-order chi connectivity index (χ1) is 14.6. The van der Waals surface area contributed by atoms with E-state index < -0.39 is 12.0 Å². The molecule has 0 N–H and O–H groups in total. The molecule has 0 aliphatic rings. The lowest BCUT2D eigenvalue weighted by molar-refractivity contribution is -0.156. The number of ether oxygens (including phenoxy) is 2. The Morgan fingerprint density at radius 3 is 2.00 bits per heavy atom. The average Bonchev–Trinajstić information content (AvgIpc) is 2.79. The maximum absolute atomic E-state index is 13.1. The summed E-state index contributed by atoms with van der Waals surface area (Å²) in [6, 6.07) is 25.3. The first kappa shape index (κ1) is 21.1. The highest BCUT2D eigenvalue weighted by Crippen LogP contribution is 2.26. The van der Waals surface area contributed by atoms with Crippen molar-refractivity contribution in [3.8, 4) is 5.75 Å². The van der Waals surface area contributed by atoms with E-state index >= 15 is 0 Å². The van der Waals surface area contributed by atoms with Gasteiger partial charge in [-0.1, -0.05) is 72.8 Å². The second-order valence-electron chi connectivity index (χ2n) is 6.90. The van der Waals surface area contributed by atoms with Gasteiger partial charge in [0.2, 0.25) is 5.91 Å². The van der Waals surface area contributed by atoms with Crippen LogP contribution in [0.2, 0.25) is 0 Å². The molecule has 0 aliphatic heterocycles. The number of nitrogens with zero attached hydrogens (tertiary/aromatic N) is 1. The minimum atomic E-state index is -0.838. The summed E-state index contributed by atoms with van der Waals surface area (Å²) in [5.74, 6) is 0.0557. The Balaban J connectivity index is 1.86. The number of benzene rings is 3. The first-order valence-electron chi connectivity index (χ1n) is 9.74. The van der Waals surface area contributed by atoms with Crippen molar-refractivity contribution in [2.45, 2.75) is 26.1 Å². The fraction of sp³-hybridized carbons (Fsp3) is 0.200. The van der Waals surface area contributed by atoms with Crippen LogP contribution >= 0.6 is 0 Å². The summed E-state index contributed by atoms with van der Waals surface area (Å²) in [6.45, 7) is 1.89. The van der Waals surface area contributed by atoms with Crippen molar-refractivity contribution in [2.24, 2.45) is 0 Å². The SMILES string of the molecule is COc1ccc(CN(C(C)=O)C(C(=O)OCc2ccccc2)c2ccccc2)cc1. The number of esters is 1. The van der Waals surface area contributed by atoms with E-state index in [2.05, 4.69) is 0 Å². The van der Waals surface area contributed by atoms with Crippen molar-refractivity contribution in [2.75, 3.05) is 7.11 Å². The van der Waals surface area contributed by atoms with Crippen molar-refractivity contribution in [3.63, 3.8) is 0 Å². The Hall–Kier alpha value is -3.60. The summed E-state index contributed by atoms with van der Waals surface area (Å²) < 4.78 is 10.8. The van der Waals surface area contributed by atoms with Crippen molar-refractivity contribution in [1.82, 2.24) is 4.90 Å². The van der Waals surface area contributed by atoms with Crippen LogP contribution in [0.25, 0.3) is 0 Å². The fourth-order valence-electron chi connectivity index (χ4n) is 3.20. The molecule has 0 radical (unpaired) electrons. The second kappa shape index (κ2) is 10.3. The minimum absolute atomic E-state index is 0.150. The molecular formula is C25H25NO4. The van der Waals surface area contributed by atoms with Crippen molar-refractivity contribution in [3.05, 3.63) is 102 Å². The van der Waals surface area contributed by atoms with Gasteiger partial charge in [0.25, 0.3) is 0 Å². The number of amides is 1. The summed E-state index contributed by atoms with van der Waals surface area (Å²) in [6.07, 6.45) is 0. The number of rotatable bonds is 8. The lowest BCUT2D eigenvalue weighted by atomic mass is 10.0. The summed E-state index contributed by atoms with van der Waals surface area (Å²) in [5, 5.41) is 0. The molecule has 3 aromatic rings. The van der Waals surface area contributed by atoms with E-state index in [0.717, 1.165) is 16.9 Å². The van der Waals surface area contributed by atoms with Crippen LogP contribution in [-0.4, -0.2) is 23.9 Å². The molecule has 3 rings (SSSR count). The van der Waals surface area contributed by atoms with Crippen molar-refractivity contribution < 1.29 is 19.1 Å². The van der Waals surface area contributed by atoms with E-state index in [1.54, 1.807) is 7.11 Å². The number of carbonyl (C=O) groups is 2. The molecule has 0 saturated carbocycles. The highest BCUT2D eigenvalue weighted by molar-refractivity contribution is 5.84. The lowest BCUT2D eigenvalue weighted by Gasteiger charge is -2.30. The van der Waals surface area contributed by atoms with E-state index in [1.807, 2.05) is 84.9 Å². The third-order valence-corrected chi connectivity index (χ3v) is 4.79. The van der Waals surface area contributed by atoms with E-state index in [4.69, 9.17) is 9.47 Å². The Morgan fingerprint density at radius 2 is 1.43 bits per heavy atom. The van der Waals surface area contributed by atoms with Crippen LogP contribution in [0.3, 0.4) is 0 Å². The Labute approximate surface area is 176 Å². The normalized spacial score (nSPS) is 11.4. The van der Waals surface area contributed by atoms with Crippen molar-refractivity contribution >= 4 is 11.9 Å². The predicted octanol–water partition coefficient (Wildman–Crippen LogP) is 4.53. The average molecular weight is 403 g/mol. The largest absolute Gasteiger partial charge is 0.497 e. The molecule has 3 aromatic carbocycles. The maximum Gasteiger partial charge on any atom is 0.333 e. The zero-order chi connectivity index (χ0) is 21.3. The maximum atomic E-state index is 13.1. The van der Waals surface area contributed by atoms with E-state index in [9.17, 15) is 9.59 Å². The smallest absolute Gasteiger partial charge is 0.333 e. The standard InChI is InChI=1S/C25H25NO4/c1-19(27)26(17-20-13-15-23(29-2)16-14-20)24(22-11-7-4-8-12-22)25(28)30-18-21-9-5-3-6-10-21/h3-16,24H,17-18H2,1-2H3. The molecule has 0 saturated heterocycles. The van der Waals surface area contributed by atoms with Crippen LogP contribution in [0.4, 0.5) is 0 Å². The highest BCUT2D eigenvalue weighted by atomic mass is 16.5. The van der Waals surface area contributed by atoms with Gasteiger partial charge in [0.1, 0.15) is 12.4 Å². The first-order valence-corrected chi connectivity index (χ1v) is 9.74. The van der Waals surface area contributed by atoms with Crippen LogP contribution in [-0.2, 0) is 27.5 Å². The molecule has 5 nitrogen and oxygen atoms in total. The Morgan fingerprint density at radius 1 is 0.833 bits per heavy atom. The number of hydrogen-bond acceptors (Lipinski definition) is 4. The Kier molecular flexibility index (Phi) is 7.22. The molecule has 0 aromatic heterocycles. The summed E-state index contributed by atoms with van der Waals surface area (Å²) >= 11 is 0. The van der Waals surface area contributed by atoms with Gasteiger partial charge in [-0.25, -0.2) is 4.79 Å². The molecular weight excluding hydrogens is 378 g/mol. The van der Waals surface area contributed by atoms with Gasteiger partial charge in [-0.2, -0.15) is 0 Å². The molecule has 0 spiro atoms. The molecule has 154 valence electrons. The van der Waals surface area contributed by atoms with Gasteiger partial charge in [-0.05, 0) is 28.8 Å². The summed E-state index contributed by atoms with van der Waals surface area (Å²) in [4.78, 5) is 27.2. The minimum Gasteiger partial charge on any atom is -0.497 e. The monoisotopic (exact) mass is 403 g/mol. The van der Waals surface area contributed by atoms with Crippen LogP contribution < -0.4 is 4.74 Å². The molecule has 1 unspecified atom stereocenters. The van der Waals surface area contributed by atoms with Gasteiger partial charge in [0, 0.05) is 13.5 Å².